The first-order valence-corrected chi connectivity index (χ1v) is 5.39. The van der Waals surface area contributed by atoms with Gasteiger partial charge in [-0.1, -0.05) is 6.07 Å². The van der Waals surface area contributed by atoms with Gasteiger partial charge in [0.25, 0.3) is 5.17 Å². The molecule has 0 bridgehead atoms. The molecule has 0 fully saturated rings. The molecule has 0 saturated heterocycles. The Morgan fingerprint density at radius 2 is 2.20 bits per heavy atom. The number of ether oxygens (including phenoxy) is 1. The summed E-state index contributed by atoms with van der Waals surface area (Å²) in [6.45, 7) is 0. The molecule has 0 amide bonds. The van der Waals surface area contributed by atoms with Crippen molar-refractivity contribution in [1.29, 1.82) is 0 Å². The van der Waals surface area contributed by atoms with Gasteiger partial charge in [-0.05, 0) is 40.3 Å². The Kier molecular flexibility index (Phi) is 4.23. The van der Waals surface area contributed by atoms with Crippen molar-refractivity contribution in [3.8, 4) is 5.75 Å². The minimum atomic E-state index is 0.316. The molecule has 0 heterocycles. The standard InChI is InChI=1S/C10H10BrNO2S/c1-12(2)10(15)14-9-5-3-4-8(11)7(9)6-13/h3-6H,1-2H3. The first-order chi connectivity index (χ1) is 7.06. The highest BCUT2D eigenvalue weighted by Gasteiger charge is 2.09. The lowest BCUT2D eigenvalue weighted by Crippen LogP contribution is -2.25. The smallest absolute Gasteiger partial charge is 0.264 e. The zero-order chi connectivity index (χ0) is 11.4. The normalized spacial score (nSPS) is 9.53. The summed E-state index contributed by atoms with van der Waals surface area (Å²) in [7, 11) is 3.56. The summed E-state index contributed by atoms with van der Waals surface area (Å²) in [6.07, 6.45) is 0.734. The van der Waals surface area contributed by atoms with E-state index in [-0.39, 0.29) is 0 Å². The summed E-state index contributed by atoms with van der Waals surface area (Å²) >= 11 is 8.25. The van der Waals surface area contributed by atoms with Crippen LogP contribution in [0.15, 0.2) is 22.7 Å². The predicted octanol–water partition coefficient (Wildman–Crippen LogP) is 2.49. The Hall–Kier alpha value is -0.940. The second-order valence-corrected chi connectivity index (χ2v) is 4.24. The van der Waals surface area contributed by atoms with E-state index in [4.69, 9.17) is 17.0 Å². The molecule has 0 saturated carbocycles. The van der Waals surface area contributed by atoms with Gasteiger partial charge in [-0.15, -0.1) is 0 Å². The Bertz CT molecular complexity index is 393. The lowest BCUT2D eigenvalue weighted by atomic mass is 10.2. The van der Waals surface area contributed by atoms with Gasteiger partial charge in [0.05, 0.1) is 5.56 Å². The summed E-state index contributed by atoms with van der Waals surface area (Å²) < 4.78 is 6.07. The number of halogens is 1. The molecule has 0 N–H and O–H groups in total. The largest absolute Gasteiger partial charge is 0.431 e. The third-order valence-corrected chi connectivity index (χ3v) is 2.83. The predicted molar refractivity (Wildman–Crippen MR) is 66.4 cm³/mol. The van der Waals surface area contributed by atoms with Crippen LogP contribution in [-0.4, -0.2) is 30.5 Å². The Labute approximate surface area is 102 Å². The van der Waals surface area contributed by atoms with E-state index in [9.17, 15) is 4.79 Å². The van der Waals surface area contributed by atoms with Crippen molar-refractivity contribution in [1.82, 2.24) is 4.90 Å². The average molecular weight is 288 g/mol. The zero-order valence-corrected chi connectivity index (χ0v) is 10.8. The SMILES string of the molecule is CN(C)C(=S)Oc1cccc(Br)c1C=O. The summed E-state index contributed by atoms with van der Waals surface area (Å²) in [4.78, 5) is 12.5. The van der Waals surface area contributed by atoms with Gasteiger partial charge in [-0.2, -0.15) is 0 Å². The molecule has 5 heteroatoms. The highest BCUT2D eigenvalue weighted by Crippen LogP contribution is 2.25. The molecule has 1 aromatic rings. The number of thiocarbonyl (C=S) groups is 1. The molecule has 0 aromatic heterocycles. The van der Waals surface area contributed by atoms with Crippen LogP contribution in [0.4, 0.5) is 0 Å². The number of aldehydes is 1. The van der Waals surface area contributed by atoms with Crippen molar-refractivity contribution in [2.24, 2.45) is 0 Å². The molecule has 1 aromatic carbocycles. The van der Waals surface area contributed by atoms with Crippen LogP contribution >= 0.6 is 28.1 Å². The first-order valence-electron chi connectivity index (χ1n) is 4.19. The van der Waals surface area contributed by atoms with Crippen LogP contribution in [0.5, 0.6) is 5.75 Å². The number of hydrogen-bond donors (Lipinski definition) is 0. The van der Waals surface area contributed by atoms with Crippen molar-refractivity contribution in [2.45, 2.75) is 0 Å². The van der Waals surface area contributed by atoms with E-state index in [1.807, 2.05) is 0 Å². The van der Waals surface area contributed by atoms with Crippen molar-refractivity contribution >= 4 is 39.6 Å². The minimum Gasteiger partial charge on any atom is -0.431 e. The molecule has 0 spiro atoms. The van der Waals surface area contributed by atoms with E-state index in [1.165, 1.54) is 0 Å². The molecular weight excluding hydrogens is 278 g/mol. The molecule has 3 nitrogen and oxygen atoms in total. The van der Waals surface area contributed by atoms with E-state index >= 15 is 0 Å². The fraction of sp³-hybridized carbons (Fsp3) is 0.200. The molecular formula is C10H10BrNO2S. The maximum atomic E-state index is 10.8. The fourth-order valence-electron chi connectivity index (χ4n) is 0.906. The van der Waals surface area contributed by atoms with E-state index in [2.05, 4.69) is 15.9 Å². The zero-order valence-electron chi connectivity index (χ0n) is 8.36. The molecule has 0 radical (unpaired) electrons. The maximum absolute atomic E-state index is 10.8. The van der Waals surface area contributed by atoms with Gasteiger partial charge in [0.1, 0.15) is 5.75 Å². The lowest BCUT2D eigenvalue weighted by molar-refractivity contribution is 0.112. The summed E-state index contributed by atoms with van der Waals surface area (Å²) in [5.41, 5.74) is 0.460. The second kappa shape index (κ2) is 5.23. The fourth-order valence-corrected chi connectivity index (χ4v) is 1.44. The van der Waals surface area contributed by atoms with Gasteiger partial charge in [0.2, 0.25) is 0 Å². The van der Waals surface area contributed by atoms with Crippen LogP contribution in [0.3, 0.4) is 0 Å². The summed E-state index contributed by atoms with van der Waals surface area (Å²) in [5.74, 6) is 0.457. The van der Waals surface area contributed by atoms with Crippen LogP contribution in [-0.2, 0) is 0 Å². The van der Waals surface area contributed by atoms with Gasteiger partial charge in [0, 0.05) is 18.6 Å². The van der Waals surface area contributed by atoms with Crippen molar-refractivity contribution < 1.29 is 9.53 Å². The topological polar surface area (TPSA) is 29.5 Å². The number of rotatable bonds is 2. The van der Waals surface area contributed by atoms with Crippen molar-refractivity contribution in [2.75, 3.05) is 14.1 Å². The third-order valence-electron chi connectivity index (χ3n) is 1.69. The Morgan fingerprint density at radius 1 is 1.53 bits per heavy atom. The van der Waals surface area contributed by atoms with Crippen LogP contribution in [0.25, 0.3) is 0 Å². The lowest BCUT2D eigenvalue weighted by Gasteiger charge is -2.15. The third kappa shape index (κ3) is 3.00. The Balaban J connectivity index is 2.99. The average Bonchev–Trinajstić information content (AvgIpc) is 2.18. The number of carbonyl (C=O) groups excluding carboxylic acids is 1. The minimum absolute atomic E-state index is 0.316. The highest BCUT2D eigenvalue weighted by molar-refractivity contribution is 9.10. The van der Waals surface area contributed by atoms with E-state index in [0.29, 0.717) is 21.0 Å². The van der Waals surface area contributed by atoms with Crippen LogP contribution in [0, 0.1) is 0 Å². The summed E-state index contributed by atoms with van der Waals surface area (Å²) in [6, 6.07) is 5.25. The summed E-state index contributed by atoms with van der Waals surface area (Å²) in [5, 5.41) is 0.316. The highest BCUT2D eigenvalue weighted by atomic mass is 79.9. The van der Waals surface area contributed by atoms with Gasteiger partial charge >= 0.3 is 0 Å². The number of carbonyl (C=O) groups is 1. The van der Waals surface area contributed by atoms with Crippen LogP contribution < -0.4 is 4.74 Å². The van der Waals surface area contributed by atoms with E-state index in [1.54, 1.807) is 37.2 Å². The number of hydrogen-bond acceptors (Lipinski definition) is 3. The van der Waals surface area contributed by atoms with Crippen LogP contribution in [0.2, 0.25) is 0 Å². The molecule has 80 valence electrons. The van der Waals surface area contributed by atoms with Gasteiger partial charge < -0.3 is 9.64 Å². The van der Waals surface area contributed by atoms with Crippen LogP contribution in [0.1, 0.15) is 10.4 Å². The van der Waals surface area contributed by atoms with Crippen molar-refractivity contribution in [3.63, 3.8) is 0 Å². The molecule has 0 aliphatic carbocycles. The molecule has 0 aliphatic rings. The van der Waals surface area contributed by atoms with Gasteiger partial charge in [-0.3, -0.25) is 4.79 Å². The molecule has 0 unspecified atom stereocenters. The van der Waals surface area contributed by atoms with Gasteiger partial charge in [0.15, 0.2) is 6.29 Å². The monoisotopic (exact) mass is 287 g/mol. The second-order valence-electron chi connectivity index (χ2n) is 3.03. The Morgan fingerprint density at radius 3 is 2.73 bits per heavy atom. The number of benzene rings is 1. The quantitative estimate of drug-likeness (QED) is 0.617. The van der Waals surface area contributed by atoms with Gasteiger partial charge in [-0.25, -0.2) is 0 Å². The molecule has 1 rings (SSSR count). The number of nitrogens with zero attached hydrogens (tertiary/aromatic N) is 1. The molecule has 15 heavy (non-hydrogen) atoms. The van der Waals surface area contributed by atoms with E-state index in [0.717, 1.165) is 6.29 Å². The molecule has 0 aliphatic heterocycles. The van der Waals surface area contributed by atoms with E-state index < -0.39 is 0 Å². The maximum Gasteiger partial charge on any atom is 0.264 e. The first kappa shape index (κ1) is 12.1. The molecule has 0 atom stereocenters. The van der Waals surface area contributed by atoms with Crippen molar-refractivity contribution in [3.05, 3.63) is 28.2 Å².